The van der Waals surface area contributed by atoms with Gasteiger partial charge >= 0.3 is 18.2 Å². The minimum absolute atomic E-state index is 0.0592. The number of ether oxygens (including phenoxy) is 2. The number of aliphatic carboxylic acids is 1. The van der Waals surface area contributed by atoms with E-state index < -0.39 is 36.9 Å². The van der Waals surface area contributed by atoms with Crippen molar-refractivity contribution in [2.75, 3.05) is 40.0 Å². The Kier molecular flexibility index (Phi) is 5.78. The second kappa shape index (κ2) is 6.94. The third-order valence-electron chi connectivity index (χ3n) is 3.05. The molecule has 1 fully saturated rings. The van der Waals surface area contributed by atoms with Gasteiger partial charge in [0.05, 0.1) is 13.2 Å². The molecule has 0 aromatic heterocycles. The normalized spacial score (nSPS) is 22.1. The van der Waals surface area contributed by atoms with E-state index in [1.54, 1.807) is 0 Å². The lowest BCUT2D eigenvalue weighted by molar-refractivity contribution is -0.149. The van der Waals surface area contributed by atoms with Gasteiger partial charge in [-0.15, -0.1) is 0 Å². The first-order valence-corrected chi connectivity index (χ1v) is 6.12. The third-order valence-corrected chi connectivity index (χ3v) is 3.05. The summed E-state index contributed by atoms with van der Waals surface area (Å²) in [7, 11) is 1.41. The number of carboxylic acids is 1. The van der Waals surface area contributed by atoms with Crippen LogP contribution in [0.25, 0.3) is 0 Å². The lowest BCUT2D eigenvalue weighted by Crippen LogP contribution is -2.52. The fourth-order valence-electron chi connectivity index (χ4n) is 1.89. The van der Waals surface area contributed by atoms with Gasteiger partial charge in [-0.2, -0.15) is 13.2 Å². The summed E-state index contributed by atoms with van der Waals surface area (Å²) in [6, 6.07) is -1.11. The molecule has 1 atom stereocenters. The first-order valence-electron chi connectivity index (χ1n) is 6.12. The van der Waals surface area contributed by atoms with Crippen LogP contribution in [0.2, 0.25) is 0 Å². The van der Waals surface area contributed by atoms with E-state index in [0.717, 1.165) is 0 Å². The Morgan fingerprint density at radius 1 is 1.48 bits per heavy atom. The van der Waals surface area contributed by atoms with E-state index in [0.29, 0.717) is 13.0 Å². The fraction of sp³-hybridized carbons (Fsp3) is 0.818. The van der Waals surface area contributed by atoms with Gasteiger partial charge in [-0.25, -0.2) is 4.79 Å². The molecule has 0 aliphatic carbocycles. The molecule has 10 heteroatoms. The predicted molar refractivity (Wildman–Crippen MR) is 63.8 cm³/mol. The van der Waals surface area contributed by atoms with Crippen LogP contribution in [0.4, 0.5) is 18.0 Å². The maximum absolute atomic E-state index is 12.3. The monoisotopic (exact) mass is 314 g/mol. The number of alkyl halides is 3. The van der Waals surface area contributed by atoms with E-state index in [9.17, 15) is 22.8 Å². The number of urea groups is 1. The Morgan fingerprint density at radius 2 is 2.14 bits per heavy atom. The number of nitrogens with zero attached hydrogens (tertiary/aromatic N) is 1. The summed E-state index contributed by atoms with van der Waals surface area (Å²) in [5, 5.41) is 10.8. The van der Waals surface area contributed by atoms with Gasteiger partial charge in [-0.1, -0.05) is 0 Å². The molecule has 122 valence electrons. The SMILES string of the molecule is COC1(CNC(=O)N(CC(=O)O)CC(F)(F)F)CCOC1. The van der Waals surface area contributed by atoms with Crippen LogP contribution < -0.4 is 5.32 Å². The molecule has 1 saturated heterocycles. The Morgan fingerprint density at radius 3 is 2.57 bits per heavy atom. The minimum atomic E-state index is -4.68. The number of hydrogen-bond donors (Lipinski definition) is 2. The second-order valence-electron chi connectivity index (χ2n) is 4.71. The molecule has 0 bridgehead atoms. The van der Waals surface area contributed by atoms with E-state index in [1.165, 1.54) is 7.11 Å². The van der Waals surface area contributed by atoms with Gasteiger partial charge in [-0.3, -0.25) is 4.79 Å². The average molecular weight is 314 g/mol. The zero-order chi connectivity index (χ0) is 16.1. The summed E-state index contributed by atoms with van der Waals surface area (Å²) in [6.45, 7) is -2.10. The molecule has 1 rings (SSSR count). The number of amides is 2. The van der Waals surface area contributed by atoms with Crippen molar-refractivity contribution in [1.82, 2.24) is 10.2 Å². The molecule has 2 N–H and O–H groups in total. The Hall–Kier alpha value is -1.55. The van der Waals surface area contributed by atoms with Crippen LogP contribution in [0.15, 0.2) is 0 Å². The zero-order valence-electron chi connectivity index (χ0n) is 11.4. The number of hydrogen-bond acceptors (Lipinski definition) is 4. The first-order chi connectivity index (χ1) is 9.67. The van der Waals surface area contributed by atoms with Crippen molar-refractivity contribution >= 4 is 12.0 Å². The van der Waals surface area contributed by atoms with Crippen molar-refractivity contribution in [2.45, 2.75) is 18.2 Å². The molecular formula is C11H17F3N2O5. The quantitative estimate of drug-likeness (QED) is 0.743. The van der Waals surface area contributed by atoms with Crippen molar-refractivity contribution < 1.29 is 37.3 Å². The molecule has 0 aromatic carbocycles. The predicted octanol–water partition coefficient (Wildman–Crippen LogP) is 0.450. The molecule has 1 heterocycles. The maximum atomic E-state index is 12.3. The van der Waals surface area contributed by atoms with E-state index in [4.69, 9.17) is 14.6 Å². The smallest absolute Gasteiger partial charge is 0.406 e. The fourth-order valence-corrected chi connectivity index (χ4v) is 1.89. The van der Waals surface area contributed by atoms with Crippen LogP contribution in [0.5, 0.6) is 0 Å². The standard InChI is InChI=1S/C11H17F3N2O5/c1-20-10(2-3-21-7-10)5-15-9(19)16(4-8(17)18)6-11(12,13)14/h2-7H2,1H3,(H,15,19)(H,17,18). The molecule has 0 aromatic rings. The third kappa shape index (κ3) is 5.76. The van der Waals surface area contributed by atoms with Crippen molar-refractivity contribution in [3.8, 4) is 0 Å². The average Bonchev–Trinajstić information content (AvgIpc) is 2.82. The number of rotatable bonds is 6. The van der Waals surface area contributed by atoms with E-state index in [2.05, 4.69) is 5.32 Å². The molecule has 2 amide bonds. The van der Waals surface area contributed by atoms with Gasteiger partial charge in [0, 0.05) is 20.1 Å². The van der Waals surface area contributed by atoms with Crippen LogP contribution in [0.1, 0.15) is 6.42 Å². The van der Waals surface area contributed by atoms with Crippen LogP contribution in [0, 0.1) is 0 Å². The highest BCUT2D eigenvalue weighted by atomic mass is 19.4. The lowest BCUT2D eigenvalue weighted by Gasteiger charge is -2.28. The van der Waals surface area contributed by atoms with Gasteiger partial charge < -0.3 is 24.8 Å². The summed E-state index contributed by atoms with van der Waals surface area (Å²) in [5.41, 5.74) is -0.789. The topological polar surface area (TPSA) is 88.1 Å². The van der Waals surface area contributed by atoms with Crippen molar-refractivity contribution in [3.05, 3.63) is 0 Å². The second-order valence-corrected chi connectivity index (χ2v) is 4.71. The summed E-state index contributed by atoms with van der Waals surface area (Å²) in [5.74, 6) is -1.53. The Bertz CT molecular complexity index is 383. The largest absolute Gasteiger partial charge is 0.480 e. The highest BCUT2D eigenvalue weighted by Gasteiger charge is 2.37. The van der Waals surface area contributed by atoms with E-state index >= 15 is 0 Å². The maximum Gasteiger partial charge on any atom is 0.406 e. The number of methoxy groups -OCH3 is 1. The highest BCUT2D eigenvalue weighted by Crippen LogP contribution is 2.22. The molecule has 1 unspecified atom stereocenters. The molecular weight excluding hydrogens is 297 g/mol. The summed E-state index contributed by atoms with van der Waals surface area (Å²) in [4.78, 5) is 22.5. The van der Waals surface area contributed by atoms with Crippen molar-refractivity contribution in [1.29, 1.82) is 0 Å². The van der Waals surface area contributed by atoms with Gasteiger partial charge in [0.25, 0.3) is 0 Å². The Labute approximate surface area is 119 Å². The lowest BCUT2D eigenvalue weighted by atomic mass is 10.0. The summed E-state index contributed by atoms with van der Waals surface area (Å²) in [6.07, 6.45) is -4.19. The van der Waals surface area contributed by atoms with Gasteiger partial charge in [0.15, 0.2) is 0 Å². The van der Waals surface area contributed by atoms with E-state index in [1.807, 2.05) is 0 Å². The number of halogens is 3. The van der Waals surface area contributed by atoms with Crippen LogP contribution >= 0.6 is 0 Å². The van der Waals surface area contributed by atoms with Crippen LogP contribution in [0.3, 0.4) is 0 Å². The zero-order valence-corrected chi connectivity index (χ0v) is 11.4. The van der Waals surface area contributed by atoms with Crippen molar-refractivity contribution in [2.24, 2.45) is 0 Å². The number of nitrogens with one attached hydrogen (secondary N) is 1. The summed E-state index contributed by atoms with van der Waals surface area (Å²) < 4.78 is 47.4. The van der Waals surface area contributed by atoms with E-state index in [-0.39, 0.29) is 18.1 Å². The molecule has 7 nitrogen and oxygen atoms in total. The van der Waals surface area contributed by atoms with Gasteiger partial charge in [0.2, 0.25) is 0 Å². The number of carbonyl (C=O) groups excluding carboxylic acids is 1. The molecule has 21 heavy (non-hydrogen) atoms. The number of carboxylic acid groups (broad SMARTS) is 1. The highest BCUT2D eigenvalue weighted by molar-refractivity contribution is 5.80. The van der Waals surface area contributed by atoms with Crippen molar-refractivity contribution in [3.63, 3.8) is 0 Å². The molecule has 1 aliphatic heterocycles. The molecule has 0 radical (unpaired) electrons. The first kappa shape index (κ1) is 17.5. The minimum Gasteiger partial charge on any atom is -0.480 e. The van der Waals surface area contributed by atoms with Crippen LogP contribution in [-0.4, -0.2) is 73.7 Å². The summed E-state index contributed by atoms with van der Waals surface area (Å²) >= 11 is 0. The van der Waals surface area contributed by atoms with Crippen LogP contribution in [-0.2, 0) is 14.3 Å². The Balaban J connectivity index is 2.61. The van der Waals surface area contributed by atoms with Gasteiger partial charge in [-0.05, 0) is 0 Å². The molecule has 0 spiro atoms. The number of carbonyl (C=O) groups is 2. The van der Waals surface area contributed by atoms with Gasteiger partial charge in [0.1, 0.15) is 18.7 Å². The molecule has 1 aliphatic rings. The molecule has 0 saturated carbocycles.